The van der Waals surface area contributed by atoms with Gasteiger partial charge in [-0.15, -0.1) is 0 Å². The molecule has 6 nitrogen and oxygen atoms in total. The molecule has 0 aliphatic rings. The van der Waals surface area contributed by atoms with Crippen molar-refractivity contribution < 1.29 is 4.92 Å². The molecule has 1 N–H and O–H groups in total. The normalized spacial score (nSPS) is 11.7. The van der Waals surface area contributed by atoms with Gasteiger partial charge >= 0.3 is 0 Å². The first-order valence-electron chi connectivity index (χ1n) is 6.75. The molecule has 2 aromatic carbocycles. The highest BCUT2D eigenvalue weighted by atomic mass is 35.5. The van der Waals surface area contributed by atoms with Gasteiger partial charge in [0.15, 0.2) is 5.82 Å². The van der Waals surface area contributed by atoms with Crippen LogP contribution in [0.4, 0.5) is 5.69 Å². The third-order valence-electron chi connectivity index (χ3n) is 3.29. The van der Waals surface area contributed by atoms with Crippen LogP contribution in [0.25, 0.3) is 22.0 Å². The van der Waals surface area contributed by atoms with Crippen LogP contribution in [-0.4, -0.2) is 14.9 Å². The first-order chi connectivity index (χ1) is 11.4. The number of nitro benzene ring substituents is 1. The van der Waals surface area contributed by atoms with Crippen LogP contribution in [0.5, 0.6) is 0 Å². The van der Waals surface area contributed by atoms with E-state index in [1.54, 1.807) is 30.3 Å². The van der Waals surface area contributed by atoms with Crippen molar-refractivity contribution in [1.29, 1.82) is 0 Å². The zero-order valence-electron chi connectivity index (χ0n) is 12.0. The Morgan fingerprint density at radius 1 is 1.21 bits per heavy atom. The number of hydrogen-bond acceptors (Lipinski definition) is 4. The molecule has 0 unspecified atom stereocenters. The number of aromatic nitrogens is 2. The van der Waals surface area contributed by atoms with Crippen LogP contribution in [-0.2, 0) is 0 Å². The van der Waals surface area contributed by atoms with Gasteiger partial charge in [0.2, 0.25) is 0 Å². The predicted octanol–water partition coefficient (Wildman–Crippen LogP) is 4.22. The molecule has 3 rings (SSSR count). The molecular formula is C16H9Cl2N3O3. The molecule has 0 saturated heterocycles. The predicted molar refractivity (Wildman–Crippen MR) is 94.2 cm³/mol. The van der Waals surface area contributed by atoms with Gasteiger partial charge in [0.05, 0.1) is 20.9 Å². The van der Waals surface area contributed by atoms with E-state index in [2.05, 4.69) is 9.97 Å². The minimum Gasteiger partial charge on any atom is -0.305 e. The smallest absolute Gasteiger partial charge is 0.269 e. The van der Waals surface area contributed by atoms with Gasteiger partial charge < -0.3 is 4.98 Å². The number of rotatable bonds is 3. The van der Waals surface area contributed by atoms with Crippen LogP contribution in [0.15, 0.2) is 47.3 Å². The van der Waals surface area contributed by atoms with Crippen molar-refractivity contribution in [3.63, 3.8) is 0 Å². The zero-order valence-corrected chi connectivity index (χ0v) is 13.5. The van der Waals surface area contributed by atoms with E-state index >= 15 is 0 Å². The number of benzene rings is 2. The van der Waals surface area contributed by atoms with Crippen molar-refractivity contribution in [1.82, 2.24) is 9.97 Å². The highest BCUT2D eigenvalue weighted by Crippen LogP contribution is 2.22. The van der Waals surface area contributed by atoms with Gasteiger partial charge in [-0.1, -0.05) is 23.2 Å². The van der Waals surface area contributed by atoms with Crippen LogP contribution in [0, 0.1) is 10.1 Å². The molecule has 0 aliphatic carbocycles. The number of nitrogens with one attached hydrogen (secondary N) is 1. The number of halogens is 2. The van der Waals surface area contributed by atoms with Crippen molar-refractivity contribution in [2.24, 2.45) is 0 Å². The number of H-pyrrole nitrogens is 1. The van der Waals surface area contributed by atoms with E-state index in [4.69, 9.17) is 23.2 Å². The summed E-state index contributed by atoms with van der Waals surface area (Å²) in [5, 5.41) is 11.7. The van der Waals surface area contributed by atoms with E-state index in [1.807, 2.05) is 0 Å². The standard InChI is InChI=1S/C16H9Cl2N3O3/c17-10-3-6-14-12(8-10)16(22)20-15(19-14)13(18)7-9-1-4-11(5-2-9)21(23)24/h1-8H,(H,19,20,22)/b13-7-. The molecule has 0 saturated carbocycles. The van der Waals surface area contributed by atoms with Gasteiger partial charge in [-0.25, -0.2) is 4.98 Å². The molecule has 0 amide bonds. The minimum absolute atomic E-state index is 0.0163. The average Bonchev–Trinajstić information content (AvgIpc) is 2.55. The summed E-state index contributed by atoms with van der Waals surface area (Å²) in [5.41, 5.74) is 0.739. The van der Waals surface area contributed by atoms with Crippen molar-refractivity contribution in [2.75, 3.05) is 0 Å². The Hall–Kier alpha value is -2.70. The second kappa shape index (κ2) is 6.43. The second-order valence-electron chi connectivity index (χ2n) is 4.92. The lowest BCUT2D eigenvalue weighted by Crippen LogP contribution is -2.10. The molecule has 0 bridgehead atoms. The highest BCUT2D eigenvalue weighted by Gasteiger charge is 2.08. The lowest BCUT2D eigenvalue weighted by molar-refractivity contribution is -0.384. The summed E-state index contributed by atoms with van der Waals surface area (Å²) in [6.45, 7) is 0. The molecular weight excluding hydrogens is 353 g/mol. The maximum atomic E-state index is 12.1. The van der Waals surface area contributed by atoms with Crippen LogP contribution < -0.4 is 5.56 Å². The number of non-ortho nitro benzene ring substituents is 1. The highest BCUT2D eigenvalue weighted by molar-refractivity contribution is 6.50. The summed E-state index contributed by atoms with van der Waals surface area (Å²) in [5.74, 6) is 0.204. The van der Waals surface area contributed by atoms with E-state index in [9.17, 15) is 14.9 Å². The van der Waals surface area contributed by atoms with Gasteiger partial charge in [0.25, 0.3) is 11.2 Å². The van der Waals surface area contributed by atoms with E-state index in [0.29, 0.717) is 21.5 Å². The van der Waals surface area contributed by atoms with Gasteiger partial charge in [-0.2, -0.15) is 0 Å². The number of nitrogens with zero attached hydrogens (tertiary/aromatic N) is 2. The fraction of sp³-hybridized carbons (Fsp3) is 0. The van der Waals surface area contributed by atoms with E-state index in [1.165, 1.54) is 18.2 Å². The molecule has 0 aliphatic heterocycles. The van der Waals surface area contributed by atoms with Crippen LogP contribution >= 0.6 is 23.2 Å². The molecule has 0 radical (unpaired) electrons. The first-order valence-corrected chi connectivity index (χ1v) is 7.51. The number of nitro groups is 1. The van der Waals surface area contributed by atoms with Gasteiger partial charge in [0, 0.05) is 17.2 Å². The third kappa shape index (κ3) is 3.29. The Labute approximate surface area is 145 Å². The van der Waals surface area contributed by atoms with Crippen molar-refractivity contribution in [3.8, 4) is 0 Å². The quantitative estimate of drug-likeness (QED) is 0.558. The molecule has 24 heavy (non-hydrogen) atoms. The number of fused-ring (bicyclic) bond motifs is 1. The van der Waals surface area contributed by atoms with Gasteiger partial charge in [-0.3, -0.25) is 14.9 Å². The number of hydrogen-bond donors (Lipinski definition) is 1. The fourth-order valence-corrected chi connectivity index (χ4v) is 2.52. The third-order valence-corrected chi connectivity index (χ3v) is 3.81. The van der Waals surface area contributed by atoms with Crippen LogP contribution in [0.2, 0.25) is 5.02 Å². The maximum absolute atomic E-state index is 12.1. The molecule has 8 heteroatoms. The molecule has 1 heterocycles. The summed E-state index contributed by atoms with van der Waals surface area (Å²) < 4.78 is 0. The van der Waals surface area contributed by atoms with Crippen molar-refractivity contribution >= 4 is 50.9 Å². The van der Waals surface area contributed by atoms with Gasteiger partial charge in [0.1, 0.15) is 0 Å². The monoisotopic (exact) mass is 361 g/mol. The summed E-state index contributed by atoms with van der Waals surface area (Å²) >= 11 is 12.1. The SMILES string of the molecule is O=c1[nH]c(/C(Cl)=C/c2ccc([N+](=O)[O-])cc2)nc2ccc(Cl)cc12. The van der Waals surface area contributed by atoms with E-state index in [-0.39, 0.29) is 22.1 Å². The Kier molecular flexibility index (Phi) is 4.33. The Morgan fingerprint density at radius 3 is 2.58 bits per heavy atom. The maximum Gasteiger partial charge on any atom is 0.269 e. The largest absolute Gasteiger partial charge is 0.305 e. The van der Waals surface area contributed by atoms with Crippen molar-refractivity contribution in [2.45, 2.75) is 0 Å². The summed E-state index contributed by atoms with van der Waals surface area (Å²) in [6.07, 6.45) is 1.56. The number of aromatic amines is 1. The summed E-state index contributed by atoms with van der Waals surface area (Å²) in [4.78, 5) is 29.2. The Bertz CT molecular complexity index is 1030. The molecule has 0 fully saturated rings. The molecule has 120 valence electrons. The molecule has 1 aromatic heterocycles. The second-order valence-corrected chi connectivity index (χ2v) is 5.76. The molecule has 0 spiro atoms. The topological polar surface area (TPSA) is 88.9 Å². The Morgan fingerprint density at radius 2 is 1.92 bits per heavy atom. The molecule has 3 aromatic rings. The average molecular weight is 362 g/mol. The summed E-state index contributed by atoms with van der Waals surface area (Å²) in [6, 6.07) is 10.6. The Balaban J connectivity index is 2.01. The van der Waals surface area contributed by atoms with E-state index in [0.717, 1.165) is 0 Å². The van der Waals surface area contributed by atoms with Crippen molar-refractivity contribution in [3.05, 3.63) is 79.3 Å². The first kappa shape index (κ1) is 16.2. The molecule has 0 atom stereocenters. The van der Waals surface area contributed by atoms with Crippen LogP contribution in [0.1, 0.15) is 11.4 Å². The fourth-order valence-electron chi connectivity index (χ4n) is 2.13. The minimum atomic E-state index is -0.484. The van der Waals surface area contributed by atoms with Gasteiger partial charge in [-0.05, 0) is 42.0 Å². The lowest BCUT2D eigenvalue weighted by atomic mass is 10.2. The zero-order chi connectivity index (χ0) is 17.3. The van der Waals surface area contributed by atoms with Crippen LogP contribution in [0.3, 0.4) is 0 Å². The summed E-state index contributed by atoms with van der Waals surface area (Å²) in [7, 11) is 0. The van der Waals surface area contributed by atoms with E-state index < -0.39 is 4.92 Å². The lowest BCUT2D eigenvalue weighted by Gasteiger charge is -2.03.